The van der Waals surface area contributed by atoms with Gasteiger partial charge in [0, 0.05) is 11.0 Å². The minimum absolute atomic E-state index is 0.0974. The lowest BCUT2D eigenvalue weighted by atomic mass is 9.86. The molecule has 0 unspecified atom stereocenters. The van der Waals surface area contributed by atoms with Crippen molar-refractivity contribution < 1.29 is 23.9 Å². The smallest absolute Gasteiger partial charge is 0.344 e. The first-order valence-corrected chi connectivity index (χ1v) is 10.5. The summed E-state index contributed by atoms with van der Waals surface area (Å²) in [4.78, 5) is 38.0. The number of esters is 1. The van der Waals surface area contributed by atoms with Gasteiger partial charge in [0.15, 0.2) is 6.61 Å². The molecule has 0 spiro atoms. The Morgan fingerprint density at radius 2 is 1.73 bits per heavy atom. The van der Waals surface area contributed by atoms with Gasteiger partial charge in [0.2, 0.25) is 0 Å². The summed E-state index contributed by atoms with van der Waals surface area (Å²) in [5.41, 5.74) is 1.68. The number of benzene rings is 2. The number of halogens is 1. The van der Waals surface area contributed by atoms with Crippen molar-refractivity contribution in [1.82, 2.24) is 4.90 Å². The second kappa shape index (κ2) is 9.00. The van der Waals surface area contributed by atoms with Gasteiger partial charge in [-0.2, -0.15) is 0 Å². The number of rotatable bonds is 7. The van der Waals surface area contributed by atoms with Crippen LogP contribution < -0.4 is 4.74 Å². The summed E-state index contributed by atoms with van der Waals surface area (Å²) >= 11 is 3.31. The Hall–Kier alpha value is -2.67. The van der Waals surface area contributed by atoms with Crippen LogP contribution >= 0.6 is 15.9 Å². The molecule has 0 fully saturated rings. The van der Waals surface area contributed by atoms with Crippen molar-refractivity contribution in [1.29, 1.82) is 0 Å². The number of para-hydroxylation sites is 1. The van der Waals surface area contributed by atoms with Gasteiger partial charge >= 0.3 is 5.97 Å². The molecule has 0 aliphatic carbocycles. The molecule has 7 heteroatoms. The van der Waals surface area contributed by atoms with Gasteiger partial charge in [-0.25, -0.2) is 4.79 Å². The number of fused-ring (bicyclic) bond motifs is 1. The zero-order valence-corrected chi connectivity index (χ0v) is 18.8. The molecule has 158 valence electrons. The highest BCUT2D eigenvalue weighted by molar-refractivity contribution is 9.10. The highest BCUT2D eigenvalue weighted by atomic mass is 79.9. The second-order valence-electron chi connectivity index (χ2n) is 8.06. The minimum atomic E-state index is -0.495. The molecule has 6 nitrogen and oxygen atoms in total. The molecule has 0 N–H and O–H groups in total. The SMILES string of the molecule is CC(C)(C)c1ccccc1OCC(=O)OCCCN1C(=O)c2ccc(Br)cc2C1=O. The van der Waals surface area contributed by atoms with E-state index in [0.717, 1.165) is 10.0 Å². The molecule has 0 atom stereocenters. The summed E-state index contributed by atoms with van der Waals surface area (Å²) < 4.78 is 11.6. The third kappa shape index (κ3) is 4.90. The molecular formula is C23H24BrNO5. The predicted octanol–water partition coefficient (Wildman–Crippen LogP) is 4.35. The maximum Gasteiger partial charge on any atom is 0.344 e. The van der Waals surface area contributed by atoms with E-state index in [1.807, 2.05) is 24.3 Å². The van der Waals surface area contributed by atoms with E-state index < -0.39 is 5.97 Å². The normalized spacial score (nSPS) is 13.4. The first-order valence-electron chi connectivity index (χ1n) is 9.72. The fraction of sp³-hybridized carbons (Fsp3) is 0.348. The Labute approximate surface area is 184 Å². The number of hydrogen-bond donors (Lipinski definition) is 0. The van der Waals surface area contributed by atoms with E-state index in [1.54, 1.807) is 18.2 Å². The van der Waals surface area contributed by atoms with Gasteiger partial charge in [0.1, 0.15) is 5.75 Å². The summed E-state index contributed by atoms with van der Waals surface area (Å²) in [5, 5.41) is 0. The second-order valence-corrected chi connectivity index (χ2v) is 8.98. The molecule has 0 saturated heterocycles. The van der Waals surface area contributed by atoms with Crippen LogP contribution in [0.3, 0.4) is 0 Å². The van der Waals surface area contributed by atoms with E-state index >= 15 is 0 Å². The number of hydrogen-bond acceptors (Lipinski definition) is 5. The summed E-state index contributed by atoms with van der Waals surface area (Å²) in [6.45, 7) is 6.31. The number of nitrogens with zero attached hydrogens (tertiary/aromatic N) is 1. The van der Waals surface area contributed by atoms with Crippen LogP contribution in [0.25, 0.3) is 0 Å². The summed E-state index contributed by atoms with van der Waals surface area (Å²) in [5.74, 6) is -0.496. The monoisotopic (exact) mass is 473 g/mol. The Kier molecular flexibility index (Phi) is 6.61. The zero-order valence-electron chi connectivity index (χ0n) is 17.2. The van der Waals surface area contributed by atoms with Crippen LogP contribution in [0.2, 0.25) is 0 Å². The standard InChI is InChI=1S/C23H24BrNO5/c1-23(2,3)18-7-4-5-8-19(18)30-14-20(26)29-12-6-11-25-21(27)16-10-9-15(24)13-17(16)22(25)28/h4-5,7-10,13H,6,11-12,14H2,1-3H3. The Morgan fingerprint density at radius 1 is 1.03 bits per heavy atom. The van der Waals surface area contributed by atoms with E-state index in [9.17, 15) is 14.4 Å². The molecule has 0 saturated carbocycles. The molecule has 1 aliphatic heterocycles. The van der Waals surface area contributed by atoms with E-state index in [2.05, 4.69) is 36.7 Å². The lowest BCUT2D eigenvalue weighted by Gasteiger charge is -2.22. The van der Waals surface area contributed by atoms with E-state index in [1.165, 1.54) is 4.90 Å². The van der Waals surface area contributed by atoms with Crippen molar-refractivity contribution in [3.05, 3.63) is 63.6 Å². The van der Waals surface area contributed by atoms with Crippen molar-refractivity contribution >= 4 is 33.7 Å². The largest absolute Gasteiger partial charge is 0.482 e. The predicted molar refractivity (Wildman–Crippen MR) is 116 cm³/mol. The third-order valence-electron chi connectivity index (χ3n) is 4.76. The lowest BCUT2D eigenvalue weighted by molar-refractivity contribution is -0.146. The summed E-state index contributed by atoms with van der Waals surface area (Å²) in [6.07, 6.45) is 0.358. The maximum atomic E-state index is 12.4. The first-order chi connectivity index (χ1) is 14.2. The Morgan fingerprint density at radius 3 is 2.47 bits per heavy atom. The first kappa shape index (κ1) is 22.0. The number of imide groups is 1. The van der Waals surface area contributed by atoms with Crippen LogP contribution in [-0.2, 0) is 14.9 Å². The van der Waals surface area contributed by atoms with Gasteiger partial charge in [0.05, 0.1) is 17.7 Å². The highest BCUT2D eigenvalue weighted by Gasteiger charge is 2.35. The molecule has 0 aromatic heterocycles. The van der Waals surface area contributed by atoms with Crippen molar-refractivity contribution in [3.63, 3.8) is 0 Å². The van der Waals surface area contributed by atoms with Crippen LogP contribution in [0.15, 0.2) is 46.9 Å². The summed E-state index contributed by atoms with van der Waals surface area (Å²) in [7, 11) is 0. The van der Waals surface area contributed by atoms with Gasteiger partial charge < -0.3 is 9.47 Å². The molecule has 0 radical (unpaired) electrons. The van der Waals surface area contributed by atoms with Crippen LogP contribution in [0, 0.1) is 0 Å². The number of carbonyl (C=O) groups excluding carboxylic acids is 3. The van der Waals surface area contributed by atoms with Gasteiger partial charge in [0.25, 0.3) is 11.8 Å². The zero-order chi connectivity index (χ0) is 21.9. The van der Waals surface area contributed by atoms with E-state index in [-0.39, 0.29) is 37.0 Å². The van der Waals surface area contributed by atoms with E-state index in [0.29, 0.717) is 23.3 Å². The lowest BCUT2D eigenvalue weighted by Crippen LogP contribution is -2.31. The number of ether oxygens (including phenoxy) is 2. The molecule has 3 rings (SSSR count). The maximum absolute atomic E-state index is 12.4. The van der Waals surface area contributed by atoms with Gasteiger partial charge in [-0.3, -0.25) is 14.5 Å². The van der Waals surface area contributed by atoms with Crippen molar-refractivity contribution in [2.24, 2.45) is 0 Å². The quantitative estimate of drug-likeness (QED) is 0.339. The van der Waals surface area contributed by atoms with Crippen LogP contribution in [0.5, 0.6) is 5.75 Å². The van der Waals surface area contributed by atoms with Crippen molar-refractivity contribution in [3.8, 4) is 5.75 Å². The van der Waals surface area contributed by atoms with Crippen LogP contribution in [0.4, 0.5) is 0 Å². The average Bonchev–Trinajstić information content (AvgIpc) is 2.93. The molecule has 1 aliphatic rings. The summed E-state index contributed by atoms with van der Waals surface area (Å²) in [6, 6.07) is 12.6. The molecule has 0 bridgehead atoms. The third-order valence-corrected chi connectivity index (χ3v) is 5.26. The fourth-order valence-electron chi connectivity index (χ4n) is 3.27. The molecule has 30 heavy (non-hydrogen) atoms. The van der Waals surface area contributed by atoms with Gasteiger partial charge in [-0.05, 0) is 41.7 Å². The van der Waals surface area contributed by atoms with Crippen molar-refractivity contribution in [2.45, 2.75) is 32.6 Å². The molecule has 2 aromatic rings. The highest BCUT2D eigenvalue weighted by Crippen LogP contribution is 2.31. The number of carbonyl (C=O) groups is 3. The molecular weight excluding hydrogens is 450 g/mol. The molecule has 2 amide bonds. The van der Waals surface area contributed by atoms with Gasteiger partial charge in [-0.1, -0.05) is 54.9 Å². The molecule has 2 aromatic carbocycles. The number of amides is 2. The minimum Gasteiger partial charge on any atom is -0.482 e. The van der Waals surface area contributed by atoms with E-state index in [4.69, 9.17) is 9.47 Å². The topological polar surface area (TPSA) is 72.9 Å². The van der Waals surface area contributed by atoms with Gasteiger partial charge in [-0.15, -0.1) is 0 Å². The fourth-order valence-corrected chi connectivity index (χ4v) is 3.63. The average molecular weight is 474 g/mol. The Balaban J connectivity index is 1.45. The van der Waals surface area contributed by atoms with Crippen LogP contribution in [0.1, 0.15) is 53.5 Å². The Bertz CT molecular complexity index is 980. The molecule has 1 heterocycles. The van der Waals surface area contributed by atoms with Crippen molar-refractivity contribution in [2.75, 3.05) is 19.8 Å². The van der Waals surface area contributed by atoms with Crippen LogP contribution in [-0.4, -0.2) is 42.4 Å².